The number of hydrogen-bond acceptors (Lipinski definition) is 7. The third-order valence-corrected chi connectivity index (χ3v) is 4.92. The van der Waals surface area contributed by atoms with Crippen molar-refractivity contribution in [2.75, 3.05) is 12.4 Å². The van der Waals surface area contributed by atoms with Crippen LogP contribution in [0.2, 0.25) is 0 Å². The molecule has 0 saturated heterocycles. The van der Waals surface area contributed by atoms with Crippen LogP contribution in [0.25, 0.3) is 17.2 Å². The molecule has 0 bridgehead atoms. The zero-order valence-corrected chi connectivity index (χ0v) is 18.4. The third-order valence-electron chi connectivity index (χ3n) is 4.92. The number of benzene rings is 1. The second kappa shape index (κ2) is 9.17. The molecule has 0 aliphatic heterocycles. The standard InChI is InChI=1S/C22H19F2N7O3/c1-12(2)30-11-26-29-20(30)16-5-4-6-19(27-16)28-21(32)13-7-17(15(24)8-14(13)23)31-10-25-9-18(31)22(33)34-3/h4-12H,1-3H3,(H,27,28,32). The number of pyridine rings is 1. The maximum absolute atomic E-state index is 14.5. The molecule has 12 heteroatoms. The van der Waals surface area contributed by atoms with Gasteiger partial charge in [-0.2, -0.15) is 0 Å². The van der Waals surface area contributed by atoms with Gasteiger partial charge in [-0.3, -0.25) is 9.36 Å². The van der Waals surface area contributed by atoms with Crippen molar-refractivity contribution in [1.29, 1.82) is 0 Å². The highest BCUT2D eigenvalue weighted by molar-refractivity contribution is 6.04. The van der Waals surface area contributed by atoms with Crippen LogP contribution in [-0.2, 0) is 4.74 Å². The monoisotopic (exact) mass is 467 g/mol. The molecule has 34 heavy (non-hydrogen) atoms. The number of rotatable bonds is 6. The molecular weight excluding hydrogens is 448 g/mol. The van der Waals surface area contributed by atoms with E-state index in [-0.39, 0.29) is 23.2 Å². The molecule has 4 aromatic rings. The van der Waals surface area contributed by atoms with Crippen molar-refractivity contribution in [3.05, 3.63) is 72.1 Å². The number of hydrogen-bond donors (Lipinski definition) is 1. The second-order valence-electron chi connectivity index (χ2n) is 7.44. The summed E-state index contributed by atoms with van der Waals surface area (Å²) in [6.45, 7) is 3.92. The van der Waals surface area contributed by atoms with Crippen LogP contribution in [0, 0.1) is 11.6 Å². The maximum Gasteiger partial charge on any atom is 0.356 e. The summed E-state index contributed by atoms with van der Waals surface area (Å²) in [6, 6.07) is 6.48. The van der Waals surface area contributed by atoms with E-state index >= 15 is 0 Å². The predicted molar refractivity (Wildman–Crippen MR) is 116 cm³/mol. The van der Waals surface area contributed by atoms with Gasteiger partial charge in [-0.05, 0) is 32.0 Å². The van der Waals surface area contributed by atoms with Gasteiger partial charge in [0, 0.05) is 12.1 Å². The molecule has 0 aliphatic carbocycles. The number of carbonyl (C=O) groups excluding carboxylic acids is 2. The van der Waals surface area contributed by atoms with Crippen molar-refractivity contribution < 1.29 is 23.1 Å². The number of amides is 1. The fourth-order valence-electron chi connectivity index (χ4n) is 3.26. The van der Waals surface area contributed by atoms with Gasteiger partial charge in [-0.15, -0.1) is 10.2 Å². The lowest BCUT2D eigenvalue weighted by molar-refractivity contribution is 0.0591. The van der Waals surface area contributed by atoms with Crippen molar-refractivity contribution in [3.8, 4) is 17.2 Å². The molecule has 1 amide bonds. The highest BCUT2D eigenvalue weighted by atomic mass is 19.1. The van der Waals surface area contributed by atoms with Crippen LogP contribution in [0.15, 0.2) is 49.2 Å². The highest BCUT2D eigenvalue weighted by Crippen LogP contribution is 2.23. The Morgan fingerprint density at radius 2 is 1.91 bits per heavy atom. The number of halogens is 2. The summed E-state index contributed by atoms with van der Waals surface area (Å²) in [5.41, 5.74) is -0.358. The molecule has 3 aromatic heterocycles. The molecule has 3 heterocycles. The fraction of sp³-hybridized carbons (Fsp3) is 0.182. The molecule has 0 fully saturated rings. The van der Waals surface area contributed by atoms with Crippen LogP contribution in [-0.4, -0.2) is 48.3 Å². The third kappa shape index (κ3) is 4.25. The highest BCUT2D eigenvalue weighted by Gasteiger charge is 2.21. The van der Waals surface area contributed by atoms with E-state index in [2.05, 4.69) is 30.2 Å². The normalized spacial score (nSPS) is 11.0. The van der Waals surface area contributed by atoms with Crippen LogP contribution in [0.5, 0.6) is 0 Å². The Morgan fingerprint density at radius 1 is 1.12 bits per heavy atom. The van der Waals surface area contributed by atoms with Gasteiger partial charge in [0.2, 0.25) is 0 Å². The van der Waals surface area contributed by atoms with Crippen molar-refractivity contribution in [3.63, 3.8) is 0 Å². The van der Waals surface area contributed by atoms with Gasteiger partial charge in [0.25, 0.3) is 5.91 Å². The number of anilines is 1. The molecule has 1 N–H and O–H groups in total. The largest absolute Gasteiger partial charge is 0.464 e. The molecule has 0 unspecified atom stereocenters. The molecule has 10 nitrogen and oxygen atoms in total. The van der Waals surface area contributed by atoms with Gasteiger partial charge in [0.15, 0.2) is 11.5 Å². The summed E-state index contributed by atoms with van der Waals surface area (Å²) >= 11 is 0. The maximum atomic E-state index is 14.5. The molecule has 0 radical (unpaired) electrons. The van der Waals surface area contributed by atoms with Crippen LogP contribution in [0.1, 0.15) is 40.7 Å². The average molecular weight is 467 g/mol. The quantitative estimate of drug-likeness (QED) is 0.432. The van der Waals surface area contributed by atoms with Gasteiger partial charge in [-0.25, -0.2) is 23.5 Å². The molecule has 0 spiro atoms. The number of esters is 1. The minimum atomic E-state index is -1.09. The number of ether oxygens (including phenoxy) is 1. The van der Waals surface area contributed by atoms with Crippen molar-refractivity contribution in [2.24, 2.45) is 0 Å². The minimum absolute atomic E-state index is 0.0786. The number of nitrogens with one attached hydrogen (secondary N) is 1. The topological polar surface area (TPSA) is 117 Å². The van der Waals surface area contributed by atoms with Gasteiger partial charge < -0.3 is 14.6 Å². The summed E-state index contributed by atoms with van der Waals surface area (Å²) in [6.07, 6.45) is 3.89. The number of imidazole rings is 1. The number of aromatic nitrogens is 6. The van der Waals surface area contributed by atoms with E-state index < -0.39 is 29.1 Å². The van der Waals surface area contributed by atoms with Gasteiger partial charge >= 0.3 is 5.97 Å². The van der Waals surface area contributed by atoms with E-state index in [1.807, 2.05) is 18.4 Å². The first kappa shape index (κ1) is 22.7. The Bertz CT molecular complexity index is 1380. The summed E-state index contributed by atoms with van der Waals surface area (Å²) in [5, 5.41) is 10.5. The zero-order valence-electron chi connectivity index (χ0n) is 18.4. The van der Waals surface area contributed by atoms with Gasteiger partial charge in [0.1, 0.15) is 29.5 Å². The predicted octanol–water partition coefficient (Wildman–Crippen LogP) is 3.42. The zero-order chi connectivity index (χ0) is 24.4. The molecule has 1 aromatic carbocycles. The van der Waals surface area contributed by atoms with E-state index in [1.165, 1.54) is 12.3 Å². The Hall–Kier alpha value is -4.48. The van der Waals surface area contributed by atoms with Crippen molar-refractivity contribution in [1.82, 2.24) is 29.3 Å². The lowest BCUT2D eigenvalue weighted by atomic mass is 10.1. The Morgan fingerprint density at radius 3 is 2.65 bits per heavy atom. The van der Waals surface area contributed by atoms with E-state index in [4.69, 9.17) is 0 Å². The lowest BCUT2D eigenvalue weighted by Gasteiger charge is -2.12. The molecule has 174 valence electrons. The van der Waals surface area contributed by atoms with Crippen molar-refractivity contribution in [2.45, 2.75) is 19.9 Å². The average Bonchev–Trinajstić information content (AvgIpc) is 3.49. The van der Waals surface area contributed by atoms with E-state index in [9.17, 15) is 18.4 Å². The van der Waals surface area contributed by atoms with Crippen molar-refractivity contribution >= 4 is 17.7 Å². The first-order valence-electron chi connectivity index (χ1n) is 10.1. The van der Waals surface area contributed by atoms with Crippen LogP contribution >= 0.6 is 0 Å². The van der Waals surface area contributed by atoms with Crippen LogP contribution in [0.3, 0.4) is 0 Å². The molecule has 0 aliphatic rings. The SMILES string of the molecule is COC(=O)c1cncn1-c1cc(C(=O)Nc2cccc(-c3nncn3C(C)C)n2)c(F)cc1F. The summed E-state index contributed by atoms with van der Waals surface area (Å²) in [5.74, 6) is -3.10. The number of methoxy groups -OCH3 is 1. The summed E-state index contributed by atoms with van der Waals surface area (Å²) in [7, 11) is 1.16. The molecule has 4 rings (SSSR count). The lowest BCUT2D eigenvalue weighted by Crippen LogP contribution is -2.17. The minimum Gasteiger partial charge on any atom is -0.464 e. The Kier molecular flexibility index (Phi) is 6.13. The van der Waals surface area contributed by atoms with E-state index in [0.29, 0.717) is 17.6 Å². The van der Waals surface area contributed by atoms with Gasteiger partial charge in [-0.1, -0.05) is 6.07 Å². The van der Waals surface area contributed by atoms with Gasteiger partial charge in [0.05, 0.1) is 30.9 Å². The van der Waals surface area contributed by atoms with E-state index in [1.54, 1.807) is 18.5 Å². The smallest absolute Gasteiger partial charge is 0.356 e. The summed E-state index contributed by atoms with van der Waals surface area (Å²) in [4.78, 5) is 32.9. The fourth-order valence-corrected chi connectivity index (χ4v) is 3.26. The molecule has 0 saturated carbocycles. The van der Waals surface area contributed by atoms with Crippen LogP contribution < -0.4 is 5.32 Å². The molecule has 0 atom stereocenters. The number of nitrogens with zero attached hydrogens (tertiary/aromatic N) is 6. The first-order chi connectivity index (χ1) is 16.3. The van der Waals surface area contributed by atoms with Crippen LogP contribution in [0.4, 0.5) is 14.6 Å². The Balaban J connectivity index is 1.66. The molecular formula is C22H19F2N7O3. The second-order valence-corrected chi connectivity index (χ2v) is 7.44. The van der Waals surface area contributed by atoms with E-state index in [0.717, 1.165) is 24.1 Å². The summed E-state index contributed by atoms with van der Waals surface area (Å²) < 4.78 is 36.6. The first-order valence-corrected chi connectivity index (χ1v) is 10.1. The number of carbonyl (C=O) groups is 2. The Labute approximate surface area is 192 Å².